The maximum atomic E-state index is 12.5. The molecule has 0 unspecified atom stereocenters. The van der Waals surface area contributed by atoms with Crippen molar-refractivity contribution in [3.8, 4) is 5.69 Å². The number of nitrogens with one attached hydrogen (secondary N) is 1. The van der Waals surface area contributed by atoms with E-state index in [0.29, 0.717) is 26.6 Å². The lowest BCUT2D eigenvalue weighted by atomic mass is 10.2. The lowest BCUT2D eigenvalue weighted by Crippen LogP contribution is -2.33. The summed E-state index contributed by atoms with van der Waals surface area (Å²) in [5, 5.41) is 1.14. The first-order chi connectivity index (χ1) is 9.58. The van der Waals surface area contributed by atoms with E-state index in [1.807, 2.05) is 0 Å². The van der Waals surface area contributed by atoms with E-state index in [2.05, 4.69) is 4.98 Å². The summed E-state index contributed by atoms with van der Waals surface area (Å²) in [6, 6.07) is 11.4. The van der Waals surface area contributed by atoms with E-state index in [0.717, 1.165) is 4.57 Å². The van der Waals surface area contributed by atoms with Crippen molar-refractivity contribution in [3.05, 3.63) is 73.3 Å². The Bertz CT molecular complexity index is 928. The van der Waals surface area contributed by atoms with Gasteiger partial charge in [0.2, 0.25) is 0 Å². The fourth-order valence-corrected chi connectivity index (χ4v) is 2.43. The topological polar surface area (TPSA) is 54.9 Å². The Morgan fingerprint density at radius 3 is 2.50 bits per heavy atom. The molecule has 6 heteroatoms. The van der Waals surface area contributed by atoms with Crippen molar-refractivity contribution < 1.29 is 0 Å². The van der Waals surface area contributed by atoms with Crippen LogP contribution in [-0.2, 0) is 0 Å². The summed E-state index contributed by atoms with van der Waals surface area (Å²) in [6.45, 7) is 0. The summed E-state index contributed by atoms with van der Waals surface area (Å²) in [4.78, 5) is 27.2. The molecule has 3 aromatic rings. The number of nitrogens with zero attached hydrogens (tertiary/aromatic N) is 1. The summed E-state index contributed by atoms with van der Waals surface area (Å²) in [7, 11) is 0. The molecule has 1 aromatic heterocycles. The molecule has 0 amide bonds. The molecule has 0 aliphatic carbocycles. The molecule has 4 nitrogen and oxygen atoms in total. The monoisotopic (exact) mass is 306 g/mol. The van der Waals surface area contributed by atoms with Gasteiger partial charge in [-0.2, -0.15) is 0 Å². The van der Waals surface area contributed by atoms with Gasteiger partial charge >= 0.3 is 5.69 Å². The first-order valence-corrected chi connectivity index (χ1v) is 6.53. The van der Waals surface area contributed by atoms with Crippen molar-refractivity contribution in [2.45, 2.75) is 0 Å². The average Bonchev–Trinajstić information content (AvgIpc) is 2.40. The van der Waals surface area contributed by atoms with Crippen molar-refractivity contribution in [2.24, 2.45) is 0 Å². The Morgan fingerprint density at radius 1 is 1.00 bits per heavy atom. The fourth-order valence-electron chi connectivity index (χ4n) is 2.04. The standard InChI is InChI=1S/C14H8Cl2N2O2/c15-8-5-6-9-11(7-8)17-14(20)18(13(9)19)12-4-2-1-3-10(12)16/h1-7H,(H,17,20). The second kappa shape index (κ2) is 4.81. The SMILES string of the molecule is O=c1[nH]c2cc(Cl)ccc2c(=O)n1-c1ccccc1Cl. The third kappa shape index (κ3) is 2.03. The van der Waals surface area contributed by atoms with Crippen LogP contribution in [0.3, 0.4) is 0 Å². The summed E-state index contributed by atoms with van der Waals surface area (Å²) in [5.41, 5.74) is -0.251. The Balaban J connectivity index is 2.44. The molecule has 0 aliphatic rings. The van der Waals surface area contributed by atoms with Crippen molar-refractivity contribution in [2.75, 3.05) is 0 Å². The predicted octanol–water partition coefficient (Wildman–Crippen LogP) is 2.99. The van der Waals surface area contributed by atoms with E-state index < -0.39 is 11.2 Å². The van der Waals surface area contributed by atoms with Gasteiger partial charge in [0.25, 0.3) is 5.56 Å². The van der Waals surface area contributed by atoms with Gasteiger partial charge in [-0.1, -0.05) is 35.3 Å². The number of halogens is 2. The molecular weight excluding hydrogens is 299 g/mol. The van der Waals surface area contributed by atoms with Crippen LogP contribution in [0, 0.1) is 0 Å². The number of para-hydroxylation sites is 1. The van der Waals surface area contributed by atoms with Crippen molar-refractivity contribution in [1.29, 1.82) is 0 Å². The van der Waals surface area contributed by atoms with Crippen LogP contribution < -0.4 is 11.2 Å². The van der Waals surface area contributed by atoms with Crippen LogP contribution in [0.5, 0.6) is 0 Å². The normalized spacial score (nSPS) is 10.9. The highest BCUT2D eigenvalue weighted by molar-refractivity contribution is 6.32. The van der Waals surface area contributed by atoms with E-state index in [1.54, 1.807) is 36.4 Å². The van der Waals surface area contributed by atoms with Gasteiger partial charge in [0.05, 0.1) is 21.6 Å². The lowest BCUT2D eigenvalue weighted by molar-refractivity contribution is 0.901. The molecule has 0 saturated carbocycles. The number of hydrogen-bond donors (Lipinski definition) is 1. The van der Waals surface area contributed by atoms with Gasteiger partial charge in [0, 0.05) is 5.02 Å². The van der Waals surface area contributed by atoms with E-state index >= 15 is 0 Å². The van der Waals surface area contributed by atoms with E-state index in [9.17, 15) is 9.59 Å². The highest BCUT2D eigenvalue weighted by atomic mass is 35.5. The maximum absolute atomic E-state index is 12.5. The molecule has 20 heavy (non-hydrogen) atoms. The molecule has 1 heterocycles. The van der Waals surface area contributed by atoms with Crippen LogP contribution >= 0.6 is 23.2 Å². The molecule has 0 aliphatic heterocycles. The second-order valence-electron chi connectivity index (χ2n) is 4.21. The average molecular weight is 307 g/mol. The zero-order chi connectivity index (χ0) is 14.3. The molecule has 0 saturated heterocycles. The summed E-state index contributed by atoms with van der Waals surface area (Å²) in [6.07, 6.45) is 0. The lowest BCUT2D eigenvalue weighted by Gasteiger charge is -2.08. The van der Waals surface area contributed by atoms with Crippen molar-refractivity contribution in [3.63, 3.8) is 0 Å². The molecule has 1 N–H and O–H groups in total. The molecule has 0 radical (unpaired) electrons. The number of aromatic nitrogens is 2. The van der Waals surface area contributed by atoms with Gasteiger partial charge in [-0.25, -0.2) is 9.36 Å². The van der Waals surface area contributed by atoms with Crippen molar-refractivity contribution >= 4 is 34.1 Å². The first kappa shape index (κ1) is 13.0. The molecule has 0 atom stereocenters. The maximum Gasteiger partial charge on any atom is 0.333 e. The molecule has 0 spiro atoms. The number of fused-ring (bicyclic) bond motifs is 1. The molecular formula is C14H8Cl2N2O2. The van der Waals surface area contributed by atoms with Crippen LogP contribution in [0.2, 0.25) is 10.0 Å². The Morgan fingerprint density at radius 2 is 1.75 bits per heavy atom. The Hall–Kier alpha value is -2.04. The van der Waals surface area contributed by atoms with Crippen LogP contribution in [0.1, 0.15) is 0 Å². The van der Waals surface area contributed by atoms with Crippen LogP contribution in [0.15, 0.2) is 52.1 Å². The quantitative estimate of drug-likeness (QED) is 0.751. The van der Waals surface area contributed by atoms with Gasteiger partial charge < -0.3 is 4.98 Å². The number of H-pyrrole nitrogens is 1. The van der Waals surface area contributed by atoms with Gasteiger partial charge in [0.1, 0.15) is 0 Å². The van der Waals surface area contributed by atoms with E-state index in [1.165, 1.54) is 6.07 Å². The van der Waals surface area contributed by atoms with Gasteiger partial charge in [-0.3, -0.25) is 4.79 Å². The summed E-state index contributed by atoms with van der Waals surface area (Å²) in [5.74, 6) is 0. The van der Waals surface area contributed by atoms with Crippen LogP contribution in [0.25, 0.3) is 16.6 Å². The van der Waals surface area contributed by atoms with Gasteiger partial charge in [-0.05, 0) is 30.3 Å². The first-order valence-electron chi connectivity index (χ1n) is 5.77. The Labute approximate surface area is 123 Å². The zero-order valence-electron chi connectivity index (χ0n) is 10.1. The zero-order valence-corrected chi connectivity index (χ0v) is 11.6. The Kier molecular flexibility index (Phi) is 3.12. The molecule has 3 rings (SSSR count). The number of aromatic amines is 1. The molecule has 2 aromatic carbocycles. The predicted molar refractivity (Wildman–Crippen MR) is 80.2 cm³/mol. The molecule has 0 bridgehead atoms. The van der Waals surface area contributed by atoms with E-state index in [-0.39, 0.29) is 0 Å². The van der Waals surface area contributed by atoms with E-state index in [4.69, 9.17) is 23.2 Å². The van der Waals surface area contributed by atoms with Gasteiger partial charge in [-0.15, -0.1) is 0 Å². The highest BCUT2D eigenvalue weighted by Crippen LogP contribution is 2.18. The number of hydrogen-bond acceptors (Lipinski definition) is 2. The minimum Gasteiger partial charge on any atom is -0.306 e. The van der Waals surface area contributed by atoms with Crippen LogP contribution in [-0.4, -0.2) is 9.55 Å². The minimum absolute atomic E-state index is 0.327. The van der Waals surface area contributed by atoms with Crippen LogP contribution in [0.4, 0.5) is 0 Å². The second-order valence-corrected chi connectivity index (χ2v) is 5.06. The van der Waals surface area contributed by atoms with Gasteiger partial charge in [0.15, 0.2) is 0 Å². The molecule has 100 valence electrons. The molecule has 0 fully saturated rings. The fraction of sp³-hybridized carbons (Fsp3) is 0. The smallest absolute Gasteiger partial charge is 0.306 e. The third-order valence-corrected chi connectivity index (χ3v) is 3.51. The summed E-state index contributed by atoms with van der Waals surface area (Å²) < 4.78 is 1.01. The largest absolute Gasteiger partial charge is 0.333 e. The minimum atomic E-state index is -0.558. The number of rotatable bonds is 1. The third-order valence-electron chi connectivity index (χ3n) is 2.95. The highest BCUT2D eigenvalue weighted by Gasteiger charge is 2.11. The summed E-state index contributed by atoms with van der Waals surface area (Å²) >= 11 is 11.9. The number of benzene rings is 2. The van der Waals surface area contributed by atoms with Crippen molar-refractivity contribution in [1.82, 2.24) is 9.55 Å².